The molecule has 0 saturated carbocycles. The molecule has 4 rings (SSSR count). The zero-order valence-corrected chi connectivity index (χ0v) is 17.8. The molecule has 0 aliphatic carbocycles. The van der Waals surface area contributed by atoms with E-state index in [1.807, 2.05) is 42.7 Å². The molecule has 152 valence electrons. The van der Waals surface area contributed by atoms with Crippen molar-refractivity contribution in [1.82, 2.24) is 14.5 Å². The molecule has 0 bridgehead atoms. The number of imide groups is 1. The molecule has 0 atom stereocenters. The number of aromatic nitrogens is 2. The number of pyridine rings is 1. The van der Waals surface area contributed by atoms with Gasteiger partial charge in [-0.25, -0.2) is 9.37 Å². The summed E-state index contributed by atoms with van der Waals surface area (Å²) in [5.74, 6) is -0.245. The normalized spacial score (nSPS) is 15.5. The van der Waals surface area contributed by atoms with Crippen molar-refractivity contribution < 1.29 is 14.0 Å². The van der Waals surface area contributed by atoms with Crippen molar-refractivity contribution in [3.05, 3.63) is 86.9 Å². The second-order valence-electron chi connectivity index (χ2n) is 6.82. The van der Waals surface area contributed by atoms with Gasteiger partial charge in [0, 0.05) is 28.2 Å². The summed E-state index contributed by atoms with van der Waals surface area (Å²) in [6.07, 6.45) is 3.41. The van der Waals surface area contributed by atoms with Gasteiger partial charge in [0.05, 0.1) is 11.4 Å². The van der Waals surface area contributed by atoms with Gasteiger partial charge < -0.3 is 4.57 Å². The maximum Gasteiger partial charge on any atom is 0.293 e. The minimum Gasteiger partial charge on any atom is -0.303 e. The molecule has 2 amide bonds. The summed E-state index contributed by atoms with van der Waals surface area (Å²) in [6.45, 7) is 3.67. The van der Waals surface area contributed by atoms with E-state index in [1.54, 1.807) is 12.3 Å². The Hall–Kier alpha value is -2.90. The van der Waals surface area contributed by atoms with Crippen LogP contribution >= 0.6 is 23.4 Å². The van der Waals surface area contributed by atoms with Crippen molar-refractivity contribution in [3.63, 3.8) is 0 Å². The highest BCUT2D eigenvalue weighted by atomic mass is 35.5. The molecule has 30 heavy (non-hydrogen) atoms. The average molecular weight is 442 g/mol. The molecule has 1 aromatic carbocycles. The van der Waals surface area contributed by atoms with Gasteiger partial charge in [0.1, 0.15) is 11.6 Å². The van der Waals surface area contributed by atoms with E-state index >= 15 is 0 Å². The number of hydrogen-bond acceptors (Lipinski definition) is 4. The number of nitrogens with zero attached hydrogens (tertiary/aromatic N) is 3. The van der Waals surface area contributed by atoms with Gasteiger partial charge in [0.2, 0.25) is 0 Å². The third-order valence-electron chi connectivity index (χ3n) is 4.89. The molecule has 1 aliphatic heterocycles. The number of rotatable bonds is 4. The molecule has 1 saturated heterocycles. The van der Waals surface area contributed by atoms with E-state index in [2.05, 4.69) is 4.98 Å². The summed E-state index contributed by atoms with van der Waals surface area (Å²) in [5, 5.41) is -0.277. The summed E-state index contributed by atoms with van der Waals surface area (Å²) < 4.78 is 16.1. The molecule has 8 heteroatoms. The first kappa shape index (κ1) is 20.4. The van der Waals surface area contributed by atoms with Crippen LogP contribution in [0.25, 0.3) is 11.9 Å². The maximum atomic E-state index is 14.1. The smallest absolute Gasteiger partial charge is 0.293 e. The van der Waals surface area contributed by atoms with Crippen LogP contribution in [-0.2, 0) is 11.3 Å². The Bertz CT molecular complexity index is 1170. The Kier molecular flexibility index (Phi) is 5.49. The van der Waals surface area contributed by atoms with Crippen molar-refractivity contribution in [2.45, 2.75) is 20.4 Å². The second kappa shape index (κ2) is 8.08. The van der Waals surface area contributed by atoms with Gasteiger partial charge in [-0.3, -0.25) is 14.5 Å². The van der Waals surface area contributed by atoms with Crippen molar-refractivity contribution >= 4 is 40.6 Å². The number of amides is 2. The summed E-state index contributed by atoms with van der Waals surface area (Å²) in [4.78, 5) is 31.0. The zero-order valence-electron chi connectivity index (χ0n) is 16.2. The lowest BCUT2D eigenvalue weighted by Gasteiger charge is -2.14. The number of thioether (sulfide) groups is 1. The van der Waals surface area contributed by atoms with Gasteiger partial charge in [0.25, 0.3) is 11.1 Å². The van der Waals surface area contributed by atoms with Crippen LogP contribution in [-0.4, -0.2) is 25.6 Å². The van der Waals surface area contributed by atoms with E-state index in [9.17, 15) is 14.0 Å². The second-order valence-corrected chi connectivity index (χ2v) is 8.22. The lowest BCUT2D eigenvalue weighted by Crippen LogP contribution is -2.28. The molecule has 3 heterocycles. The van der Waals surface area contributed by atoms with E-state index in [0.29, 0.717) is 0 Å². The van der Waals surface area contributed by atoms with Crippen LogP contribution in [0.3, 0.4) is 0 Å². The molecule has 2 aromatic heterocycles. The highest BCUT2D eigenvalue weighted by Gasteiger charge is 2.36. The van der Waals surface area contributed by atoms with Crippen LogP contribution in [0, 0.1) is 19.7 Å². The summed E-state index contributed by atoms with van der Waals surface area (Å²) >= 11 is 6.88. The fraction of sp³-hybridized carbons (Fsp3) is 0.136. The summed E-state index contributed by atoms with van der Waals surface area (Å²) in [7, 11) is 0. The summed E-state index contributed by atoms with van der Waals surface area (Å²) in [6, 6.07) is 11.8. The minimum atomic E-state index is -0.551. The van der Waals surface area contributed by atoms with Crippen molar-refractivity contribution in [3.8, 4) is 5.82 Å². The van der Waals surface area contributed by atoms with Crippen LogP contribution in [0.5, 0.6) is 0 Å². The number of aryl methyl sites for hydroxylation is 1. The van der Waals surface area contributed by atoms with E-state index in [0.717, 1.165) is 39.4 Å². The molecule has 1 fully saturated rings. The standard InChI is InChI=1S/C22H17ClFN3O2S/c1-13-10-15(14(2)27(13)20-8-3-4-9-25-20)11-19-21(28)26(22(29)30-19)12-16-17(23)6-5-7-18(16)24/h3-11H,12H2,1-2H3/b19-11-. The number of hydrogen-bond donors (Lipinski definition) is 0. The molecular formula is C22H17ClFN3O2S. The van der Waals surface area contributed by atoms with Gasteiger partial charge in [-0.2, -0.15) is 0 Å². The van der Waals surface area contributed by atoms with E-state index in [-0.39, 0.29) is 22.0 Å². The van der Waals surface area contributed by atoms with Crippen LogP contribution in [0.1, 0.15) is 22.5 Å². The van der Waals surface area contributed by atoms with Crippen molar-refractivity contribution in [2.24, 2.45) is 0 Å². The Morgan fingerprint density at radius 1 is 1.17 bits per heavy atom. The Labute approximate surface area is 182 Å². The molecular weight excluding hydrogens is 425 g/mol. The first-order chi connectivity index (χ1) is 14.4. The van der Waals surface area contributed by atoms with E-state index in [4.69, 9.17) is 11.6 Å². The van der Waals surface area contributed by atoms with Gasteiger partial charge in [0.15, 0.2) is 0 Å². The third-order valence-corrected chi connectivity index (χ3v) is 6.15. The van der Waals surface area contributed by atoms with Crippen LogP contribution < -0.4 is 0 Å². The molecule has 0 N–H and O–H groups in total. The Morgan fingerprint density at radius 3 is 2.67 bits per heavy atom. The fourth-order valence-corrected chi connectivity index (χ4v) is 4.44. The minimum absolute atomic E-state index is 0.121. The number of carbonyl (C=O) groups is 2. The first-order valence-electron chi connectivity index (χ1n) is 9.15. The number of carbonyl (C=O) groups excluding carboxylic acids is 2. The fourth-order valence-electron chi connectivity index (χ4n) is 3.39. The predicted octanol–water partition coefficient (Wildman–Crippen LogP) is 5.52. The monoisotopic (exact) mass is 441 g/mol. The van der Waals surface area contributed by atoms with Gasteiger partial charge in [-0.1, -0.05) is 23.7 Å². The lowest BCUT2D eigenvalue weighted by molar-refractivity contribution is -0.123. The van der Waals surface area contributed by atoms with Crippen molar-refractivity contribution in [2.75, 3.05) is 0 Å². The summed E-state index contributed by atoms with van der Waals surface area (Å²) in [5.41, 5.74) is 2.79. The van der Waals surface area contributed by atoms with Crippen LogP contribution in [0.15, 0.2) is 53.6 Å². The maximum absolute atomic E-state index is 14.1. The zero-order chi connectivity index (χ0) is 21.4. The lowest BCUT2D eigenvalue weighted by atomic mass is 10.2. The largest absolute Gasteiger partial charge is 0.303 e. The average Bonchev–Trinajstić information content (AvgIpc) is 3.14. The molecule has 0 radical (unpaired) electrons. The highest BCUT2D eigenvalue weighted by Crippen LogP contribution is 2.35. The van der Waals surface area contributed by atoms with E-state index < -0.39 is 17.0 Å². The van der Waals surface area contributed by atoms with Crippen LogP contribution in [0.2, 0.25) is 5.02 Å². The topological polar surface area (TPSA) is 55.2 Å². The molecule has 3 aromatic rings. The van der Waals surface area contributed by atoms with Gasteiger partial charge in [-0.15, -0.1) is 0 Å². The quantitative estimate of drug-likeness (QED) is 0.500. The first-order valence-corrected chi connectivity index (χ1v) is 10.3. The van der Waals surface area contributed by atoms with Crippen LogP contribution in [0.4, 0.5) is 9.18 Å². The van der Waals surface area contributed by atoms with Crippen molar-refractivity contribution in [1.29, 1.82) is 0 Å². The molecule has 1 aliphatic rings. The molecule has 0 unspecified atom stereocenters. The number of benzene rings is 1. The van der Waals surface area contributed by atoms with E-state index in [1.165, 1.54) is 18.2 Å². The third kappa shape index (κ3) is 3.66. The number of halogens is 2. The van der Waals surface area contributed by atoms with Gasteiger partial charge >= 0.3 is 0 Å². The molecule has 5 nitrogen and oxygen atoms in total. The highest BCUT2D eigenvalue weighted by molar-refractivity contribution is 8.18. The Balaban J connectivity index is 1.65. The molecule has 0 spiro atoms. The predicted molar refractivity (Wildman–Crippen MR) is 116 cm³/mol. The van der Waals surface area contributed by atoms with Gasteiger partial charge in [-0.05, 0) is 67.6 Å². The Morgan fingerprint density at radius 2 is 1.97 bits per heavy atom. The SMILES string of the molecule is Cc1cc(/C=C2\SC(=O)N(Cc3c(F)cccc3Cl)C2=O)c(C)n1-c1ccccn1.